The number of hydrogen-bond acceptors (Lipinski definition) is 5. The number of rotatable bonds is 8. The van der Waals surface area contributed by atoms with Crippen molar-refractivity contribution in [1.29, 1.82) is 0 Å². The highest BCUT2D eigenvalue weighted by molar-refractivity contribution is 7.09. The summed E-state index contributed by atoms with van der Waals surface area (Å²) in [4.78, 5) is 15.4. The van der Waals surface area contributed by atoms with Crippen LogP contribution in [-0.2, 0) is 11.2 Å². The van der Waals surface area contributed by atoms with Crippen LogP contribution in [-0.4, -0.2) is 26.5 Å². The van der Waals surface area contributed by atoms with Crippen molar-refractivity contribution >= 4 is 22.6 Å². The third kappa shape index (κ3) is 5.00. The Morgan fingerprint density at radius 1 is 1.50 bits per heavy atom. The lowest BCUT2D eigenvalue weighted by molar-refractivity contribution is -0.138. The molecule has 0 spiro atoms. The van der Waals surface area contributed by atoms with Crippen LogP contribution < -0.4 is 5.32 Å². The molecule has 6 heteroatoms. The van der Waals surface area contributed by atoms with E-state index in [2.05, 4.69) is 28.5 Å². The van der Waals surface area contributed by atoms with Gasteiger partial charge >= 0.3 is 5.97 Å². The first-order valence-corrected chi connectivity index (χ1v) is 7.12. The molecule has 0 saturated carbocycles. The van der Waals surface area contributed by atoms with Gasteiger partial charge in [0, 0.05) is 18.0 Å². The van der Waals surface area contributed by atoms with E-state index < -0.39 is 12.0 Å². The largest absolute Gasteiger partial charge is 0.480 e. The Morgan fingerprint density at radius 3 is 2.78 bits per heavy atom. The van der Waals surface area contributed by atoms with Gasteiger partial charge in [-0.15, -0.1) is 0 Å². The van der Waals surface area contributed by atoms with Crippen LogP contribution in [0.4, 0.5) is 5.13 Å². The maximum absolute atomic E-state index is 11.1. The van der Waals surface area contributed by atoms with Crippen LogP contribution >= 0.6 is 11.5 Å². The number of anilines is 1. The van der Waals surface area contributed by atoms with E-state index in [-0.39, 0.29) is 0 Å². The summed E-state index contributed by atoms with van der Waals surface area (Å²) in [6, 6.07) is -0.565. The molecule has 0 aliphatic heterocycles. The molecule has 1 heterocycles. The summed E-state index contributed by atoms with van der Waals surface area (Å²) >= 11 is 1.24. The van der Waals surface area contributed by atoms with Gasteiger partial charge in [0.15, 0.2) is 0 Å². The zero-order valence-electron chi connectivity index (χ0n) is 11.1. The van der Waals surface area contributed by atoms with Gasteiger partial charge in [0.2, 0.25) is 5.13 Å². The standard InChI is InChI=1S/C12H21N3O2S/c1-4-5-6-9(11(16)17)13-12-14-10(15-18-12)7-8(2)3/h8-9H,4-7H2,1-3H3,(H,16,17)(H,13,14,15)/t9-/m0/s1. The Hall–Kier alpha value is -1.17. The number of carboxylic acids is 1. The van der Waals surface area contributed by atoms with Crippen LogP contribution in [0, 0.1) is 5.92 Å². The van der Waals surface area contributed by atoms with E-state index in [0.29, 0.717) is 17.5 Å². The average molecular weight is 271 g/mol. The third-order valence-corrected chi connectivity index (χ3v) is 3.19. The van der Waals surface area contributed by atoms with Gasteiger partial charge in [0.05, 0.1) is 0 Å². The second kappa shape index (κ2) is 7.31. The first kappa shape index (κ1) is 14.9. The number of hydrogen-bond donors (Lipinski definition) is 2. The second-order valence-electron chi connectivity index (χ2n) is 4.79. The van der Waals surface area contributed by atoms with Crippen molar-refractivity contribution in [3.05, 3.63) is 5.82 Å². The van der Waals surface area contributed by atoms with Crippen molar-refractivity contribution in [1.82, 2.24) is 9.36 Å². The van der Waals surface area contributed by atoms with E-state index in [1.54, 1.807) is 0 Å². The van der Waals surface area contributed by atoms with Crippen molar-refractivity contribution < 1.29 is 9.90 Å². The van der Waals surface area contributed by atoms with Gasteiger partial charge in [-0.3, -0.25) is 0 Å². The Labute approximate surface area is 112 Å². The Balaban J connectivity index is 2.57. The maximum atomic E-state index is 11.1. The monoisotopic (exact) mass is 271 g/mol. The van der Waals surface area contributed by atoms with Crippen molar-refractivity contribution in [3.63, 3.8) is 0 Å². The molecule has 18 heavy (non-hydrogen) atoms. The number of nitrogens with zero attached hydrogens (tertiary/aromatic N) is 2. The van der Waals surface area contributed by atoms with Gasteiger partial charge < -0.3 is 10.4 Å². The minimum atomic E-state index is -0.830. The molecule has 5 nitrogen and oxygen atoms in total. The molecule has 1 aromatic rings. The van der Waals surface area contributed by atoms with E-state index in [9.17, 15) is 4.79 Å². The molecular formula is C12H21N3O2S. The highest BCUT2D eigenvalue weighted by Crippen LogP contribution is 2.16. The van der Waals surface area contributed by atoms with Crippen LogP contribution in [0.1, 0.15) is 45.9 Å². The fourth-order valence-corrected chi connectivity index (χ4v) is 2.22. The summed E-state index contributed by atoms with van der Waals surface area (Å²) < 4.78 is 4.22. The molecule has 1 atom stereocenters. The van der Waals surface area contributed by atoms with E-state index >= 15 is 0 Å². The normalized spacial score (nSPS) is 12.7. The van der Waals surface area contributed by atoms with Gasteiger partial charge in [0.1, 0.15) is 11.9 Å². The minimum absolute atomic E-state index is 0.503. The first-order chi connectivity index (χ1) is 8.52. The smallest absolute Gasteiger partial charge is 0.326 e. The fraction of sp³-hybridized carbons (Fsp3) is 0.750. The van der Waals surface area contributed by atoms with Gasteiger partial charge in [-0.25, -0.2) is 9.78 Å². The number of unbranched alkanes of at least 4 members (excludes halogenated alkanes) is 1. The predicted molar refractivity (Wildman–Crippen MR) is 73.0 cm³/mol. The Bertz CT molecular complexity index is 379. The van der Waals surface area contributed by atoms with Crippen LogP contribution in [0.2, 0.25) is 0 Å². The molecule has 0 aliphatic carbocycles. The second-order valence-corrected chi connectivity index (χ2v) is 5.54. The lowest BCUT2D eigenvalue weighted by atomic mass is 10.1. The molecule has 0 unspecified atom stereocenters. The zero-order chi connectivity index (χ0) is 13.5. The molecule has 2 N–H and O–H groups in total. The van der Waals surface area contributed by atoms with E-state index in [1.165, 1.54) is 11.5 Å². The summed E-state index contributed by atoms with van der Waals surface area (Å²) in [5.41, 5.74) is 0. The van der Waals surface area contributed by atoms with Crippen LogP contribution in [0.3, 0.4) is 0 Å². The topological polar surface area (TPSA) is 75.1 Å². The Morgan fingerprint density at radius 2 is 2.22 bits per heavy atom. The highest BCUT2D eigenvalue weighted by atomic mass is 32.1. The highest BCUT2D eigenvalue weighted by Gasteiger charge is 2.18. The maximum Gasteiger partial charge on any atom is 0.326 e. The number of carboxylic acid groups (broad SMARTS) is 1. The van der Waals surface area contributed by atoms with E-state index in [0.717, 1.165) is 25.1 Å². The third-order valence-electron chi connectivity index (χ3n) is 2.50. The summed E-state index contributed by atoms with van der Waals surface area (Å²) in [6.45, 7) is 6.26. The summed E-state index contributed by atoms with van der Waals surface area (Å²) in [6.07, 6.45) is 3.32. The van der Waals surface area contributed by atoms with Crippen molar-refractivity contribution in [3.8, 4) is 0 Å². The molecule has 0 amide bonds. The SMILES string of the molecule is CCCC[C@H](Nc1nc(CC(C)C)ns1)C(=O)O. The summed E-state index contributed by atoms with van der Waals surface area (Å²) in [5.74, 6) is 0.462. The van der Waals surface area contributed by atoms with Gasteiger partial charge in [-0.05, 0) is 12.3 Å². The van der Waals surface area contributed by atoms with Crippen LogP contribution in [0.15, 0.2) is 0 Å². The first-order valence-electron chi connectivity index (χ1n) is 6.34. The molecule has 0 aliphatic rings. The average Bonchev–Trinajstić information content (AvgIpc) is 2.70. The quantitative estimate of drug-likeness (QED) is 0.760. The Kier molecular flexibility index (Phi) is 6.04. The van der Waals surface area contributed by atoms with E-state index in [4.69, 9.17) is 5.11 Å². The summed E-state index contributed by atoms with van der Waals surface area (Å²) in [7, 11) is 0. The number of carbonyl (C=O) groups is 1. The molecule has 1 rings (SSSR count). The lowest BCUT2D eigenvalue weighted by Gasteiger charge is -2.12. The molecule has 102 valence electrons. The van der Waals surface area contributed by atoms with Crippen molar-refractivity contribution in [2.45, 2.75) is 52.5 Å². The van der Waals surface area contributed by atoms with Crippen LogP contribution in [0.25, 0.3) is 0 Å². The molecule has 0 bridgehead atoms. The van der Waals surface area contributed by atoms with Gasteiger partial charge in [0.25, 0.3) is 0 Å². The van der Waals surface area contributed by atoms with Crippen LogP contribution in [0.5, 0.6) is 0 Å². The molecule has 0 fully saturated rings. The minimum Gasteiger partial charge on any atom is -0.480 e. The van der Waals surface area contributed by atoms with Gasteiger partial charge in [-0.2, -0.15) is 4.37 Å². The fourth-order valence-electron chi connectivity index (χ4n) is 1.58. The van der Waals surface area contributed by atoms with Crippen molar-refractivity contribution in [2.24, 2.45) is 5.92 Å². The number of aromatic nitrogens is 2. The lowest BCUT2D eigenvalue weighted by Crippen LogP contribution is -2.29. The molecule has 0 aromatic carbocycles. The predicted octanol–water partition coefficient (Wildman–Crippen LogP) is 2.79. The number of aliphatic carboxylic acids is 1. The molecular weight excluding hydrogens is 250 g/mol. The zero-order valence-corrected chi connectivity index (χ0v) is 12.0. The molecule has 1 aromatic heterocycles. The van der Waals surface area contributed by atoms with Gasteiger partial charge in [-0.1, -0.05) is 33.6 Å². The molecule has 0 radical (unpaired) electrons. The van der Waals surface area contributed by atoms with E-state index in [1.807, 2.05) is 6.92 Å². The number of nitrogens with one attached hydrogen (secondary N) is 1. The molecule has 0 saturated heterocycles. The van der Waals surface area contributed by atoms with Crippen molar-refractivity contribution in [2.75, 3.05) is 5.32 Å². The summed E-state index contributed by atoms with van der Waals surface area (Å²) in [5, 5.41) is 12.7.